The molecule has 1 unspecified atom stereocenters. The van der Waals surface area contributed by atoms with E-state index in [-0.39, 0.29) is 17.6 Å². The molecule has 3 heterocycles. The second kappa shape index (κ2) is 10.3. The Morgan fingerprint density at radius 2 is 2.08 bits per heavy atom. The van der Waals surface area contributed by atoms with Gasteiger partial charge < -0.3 is 29.1 Å². The standard InChI is InChI=1S/C24H25F3N6O4/c1-35-9-7-28-21(34)15-2-5-20-19(10-15)31-23(33(20)12-14-6-8-36-13-14)32-22-29-17-4-3-16(11-18(17)30-22)37-24(25,26)27/h2-5,10-11,14H,6-9,12-13H2,1H3,(H,28,34)(H2,29,30,31,32). The van der Waals surface area contributed by atoms with Crippen LogP contribution in [0.5, 0.6) is 5.75 Å². The number of nitrogens with one attached hydrogen (secondary N) is 3. The van der Waals surface area contributed by atoms with Crippen LogP contribution in [0, 0.1) is 5.92 Å². The Kier molecular flexibility index (Phi) is 6.89. The van der Waals surface area contributed by atoms with Crippen molar-refractivity contribution in [3.8, 4) is 5.75 Å². The highest BCUT2D eigenvalue weighted by atomic mass is 19.4. The lowest BCUT2D eigenvalue weighted by atomic mass is 10.1. The normalized spacial score (nSPS) is 15.9. The lowest BCUT2D eigenvalue weighted by Crippen LogP contribution is -2.26. The molecule has 1 aliphatic rings. The Hall–Kier alpha value is -3.84. The molecule has 1 aliphatic heterocycles. The van der Waals surface area contributed by atoms with Crippen LogP contribution in [-0.2, 0) is 16.0 Å². The third kappa shape index (κ3) is 5.78. The maximum atomic E-state index is 12.6. The first-order chi connectivity index (χ1) is 17.8. The molecular formula is C24H25F3N6O4. The zero-order valence-electron chi connectivity index (χ0n) is 19.9. The summed E-state index contributed by atoms with van der Waals surface area (Å²) in [6, 6.07) is 9.16. The van der Waals surface area contributed by atoms with Crippen molar-refractivity contribution in [3.05, 3.63) is 42.0 Å². The fraction of sp³-hybridized carbons (Fsp3) is 0.375. The number of H-pyrrole nitrogens is 1. The van der Waals surface area contributed by atoms with Crippen LogP contribution in [0.1, 0.15) is 16.8 Å². The highest BCUT2D eigenvalue weighted by Crippen LogP contribution is 2.29. The molecular weight excluding hydrogens is 493 g/mol. The number of rotatable bonds is 9. The van der Waals surface area contributed by atoms with Crippen molar-refractivity contribution >= 4 is 39.9 Å². The number of hydrogen-bond donors (Lipinski definition) is 3. The number of ether oxygens (including phenoxy) is 3. The van der Waals surface area contributed by atoms with Crippen LogP contribution in [0.2, 0.25) is 0 Å². The van der Waals surface area contributed by atoms with E-state index in [0.29, 0.717) is 66.9 Å². The molecule has 0 saturated carbocycles. The quantitative estimate of drug-likeness (QED) is 0.287. The summed E-state index contributed by atoms with van der Waals surface area (Å²) in [6.45, 7) is 2.74. The van der Waals surface area contributed by atoms with Crippen molar-refractivity contribution in [2.75, 3.05) is 38.8 Å². The summed E-state index contributed by atoms with van der Waals surface area (Å²) in [5.74, 6) is 0.481. The van der Waals surface area contributed by atoms with Crippen molar-refractivity contribution in [2.45, 2.75) is 19.3 Å². The van der Waals surface area contributed by atoms with Crippen LogP contribution in [0.4, 0.5) is 25.1 Å². The number of imidazole rings is 2. The van der Waals surface area contributed by atoms with Gasteiger partial charge in [-0.2, -0.15) is 0 Å². The summed E-state index contributed by atoms with van der Waals surface area (Å²) in [6.07, 6.45) is -3.88. The number of hydrogen-bond acceptors (Lipinski definition) is 7. The number of fused-ring (bicyclic) bond motifs is 2. The van der Waals surface area contributed by atoms with E-state index in [1.54, 1.807) is 19.2 Å². The fourth-order valence-corrected chi connectivity index (χ4v) is 4.26. The molecule has 0 bridgehead atoms. The number of amides is 1. The van der Waals surface area contributed by atoms with Gasteiger partial charge in [0.1, 0.15) is 5.75 Å². The van der Waals surface area contributed by atoms with Gasteiger partial charge in [-0.1, -0.05) is 0 Å². The van der Waals surface area contributed by atoms with Gasteiger partial charge in [-0.25, -0.2) is 9.97 Å². The minimum atomic E-state index is -4.79. The minimum absolute atomic E-state index is 0.235. The predicted octanol–water partition coefficient (Wildman–Crippen LogP) is 3.97. The van der Waals surface area contributed by atoms with Gasteiger partial charge in [0.2, 0.25) is 11.9 Å². The van der Waals surface area contributed by atoms with Gasteiger partial charge in [0.05, 0.1) is 35.3 Å². The molecule has 4 aromatic rings. The molecule has 1 atom stereocenters. The maximum absolute atomic E-state index is 12.6. The van der Waals surface area contributed by atoms with Crippen molar-refractivity contribution in [1.29, 1.82) is 0 Å². The Morgan fingerprint density at radius 1 is 1.22 bits per heavy atom. The van der Waals surface area contributed by atoms with Gasteiger partial charge in [-0.15, -0.1) is 13.2 Å². The molecule has 1 amide bonds. The van der Waals surface area contributed by atoms with Gasteiger partial charge >= 0.3 is 6.36 Å². The third-order valence-electron chi connectivity index (χ3n) is 5.98. The number of benzene rings is 2. The number of aromatic nitrogens is 4. The monoisotopic (exact) mass is 518 g/mol. The molecule has 2 aromatic carbocycles. The van der Waals surface area contributed by atoms with Crippen LogP contribution in [0.25, 0.3) is 22.1 Å². The van der Waals surface area contributed by atoms with Crippen LogP contribution >= 0.6 is 0 Å². The van der Waals surface area contributed by atoms with E-state index >= 15 is 0 Å². The third-order valence-corrected chi connectivity index (χ3v) is 5.98. The summed E-state index contributed by atoms with van der Waals surface area (Å²) in [5, 5.41) is 5.94. The average Bonchev–Trinajstić information content (AvgIpc) is 3.57. The molecule has 196 valence electrons. The molecule has 0 spiro atoms. The number of aromatic amines is 1. The molecule has 5 rings (SSSR count). The number of anilines is 2. The molecule has 37 heavy (non-hydrogen) atoms. The lowest BCUT2D eigenvalue weighted by molar-refractivity contribution is -0.274. The van der Waals surface area contributed by atoms with E-state index in [9.17, 15) is 18.0 Å². The lowest BCUT2D eigenvalue weighted by Gasteiger charge is -2.13. The maximum Gasteiger partial charge on any atom is 0.573 e. The second-order valence-electron chi connectivity index (χ2n) is 8.66. The van der Waals surface area contributed by atoms with Crippen LogP contribution in [0.3, 0.4) is 0 Å². The number of carbonyl (C=O) groups is 1. The van der Waals surface area contributed by atoms with Crippen molar-refractivity contribution < 1.29 is 32.2 Å². The Morgan fingerprint density at radius 3 is 2.84 bits per heavy atom. The largest absolute Gasteiger partial charge is 0.573 e. The minimum Gasteiger partial charge on any atom is -0.406 e. The first-order valence-electron chi connectivity index (χ1n) is 11.7. The number of alkyl halides is 3. The molecule has 0 radical (unpaired) electrons. The van der Waals surface area contributed by atoms with Crippen molar-refractivity contribution in [1.82, 2.24) is 24.8 Å². The zero-order valence-corrected chi connectivity index (χ0v) is 19.9. The molecule has 1 saturated heterocycles. The van der Waals surface area contributed by atoms with Crippen molar-refractivity contribution in [3.63, 3.8) is 0 Å². The first-order valence-corrected chi connectivity index (χ1v) is 11.7. The molecule has 1 fully saturated rings. The molecule has 0 aliphatic carbocycles. The van der Waals surface area contributed by atoms with Gasteiger partial charge in [0, 0.05) is 44.4 Å². The summed E-state index contributed by atoms with van der Waals surface area (Å²) < 4.78 is 54.3. The SMILES string of the molecule is COCCNC(=O)c1ccc2c(c1)nc(Nc1nc3ccc(OC(F)(F)F)cc3[nH]1)n2CC1CCOC1. The number of halogens is 3. The number of nitrogens with zero attached hydrogens (tertiary/aromatic N) is 3. The topological polar surface area (TPSA) is 115 Å². The second-order valence-corrected chi connectivity index (χ2v) is 8.66. The Labute approximate surface area is 209 Å². The zero-order chi connectivity index (χ0) is 26.0. The fourth-order valence-electron chi connectivity index (χ4n) is 4.26. The van der Waals surface area contributed by atoms with Gasteiger partial charge in [-0.3, -0.25) is 10.1 Å². The predicted molar refractivity (Wildman–Crippen MR) is 129 cm³/mol. The Bertz CT molecular complexity index is 1410. The van der Waals surface area contributed by atoms with Gasteiger partial charge in [0.25, 0.3) is 5.91 Å². The first kappa shape index (κ1) is 24.8. The van der Waals surface area contributed by atoms with E-state index in [2.05, 4.69) is 25.3 Å². The smallest absolute Gasteiger partial charge is 0.406 e. The van der Waals surface area contributed by atoms with Gasteiger partial charge in [0.15, 0.2) is 0 Å². The van der Waals surface area contributed by atoms with Crippen molar-refractivity contribution in [2.24, 2.45) is 5.92 Å². The van der Waals surface area contributed by atoms with Crippen LogP contribution in [-0.4, -0.2) is 65.3 Å². The highest BCUT2D eigenvalue weighted by molar-refractivity contribution is 5.97. The Balaban J connectivity index is 1.45. The number of carbonyl (C=O) groups excluding carboxylic acids is 1. The van der Waals surface area contributed by atoms with Crippen LogP contribution < -0.4 is 15.4 Å². The van der Waals surface area contributed by atoms with E-state index in [0.717, 1.165) is 11.9 Å². The van der Waals surface area contributed by atoms with Crippen LogP contribution in [0.15, 0.2) is 36.4 Å². The van der Waals surface area contributed by atoms with E-state index in [1.807, 2.05) is 10.6 Å². The molecule has 10 nitrogen and oxygen atoms in total. The average molecular weight is 518 g/mol. The highest BCUT2D eigenvalue weighted by Gasteiger charge is 2.31. The van der Waals surface area contributed by atoms with E-state index < -0.39 is 6.36 Å². The molecule has 2 aromatic heterocycles. The summed E-state index contributed by atoms with van der Waals surface area (Å²) in [5.41, 5.74) is 2.72. The molecule has 3 N–H and O–H groups in total. The van der Waals surface area contributed by atoms with E-state index in [4.69, 9.17) is 14.5 Å². The number of methoxy groups -OCH3 is 1. The van der Waals surface area contributed by atoms with E-state index in [1.165, 1.54) is 18.2 Å². The van der Waals surface area contributed by atoms with Gasteiger partial charge in [-0.05, 0) is 36.8 Å². The summed E-state index contributed by atoms with van der Waals surface area (Å²) in [7, 11) is 1.56. The molecule has 13 heteroatoms. The summed E-state index contributed by atoms with van der Waals surface area (Å²) in [4.78, 5) is 24.6. The summed E-state index contributed by atoms with van der Waals surface area (Å²) >= 11 is 0.